The first-order chi connectivity index (χ1) is 29.2. The lowest BCUT2D eigenvalue weighted by Crippen LogP contribution is -2.02. The average Bonchev–Trinajstić information content (AvgIpc) is 3.85. The number of aromatic nitrogens is 4. The zero-order valence-corrected chi connectivity index (χ0v) is 28.6. The van der Waals surface area contributed by atoms with Crippen LogP contribution in [-0.4, -0.2) is 19.5 Å². The molecule has 5 nitrogen and oxygen atoms in total. The van der Waals surface area contributed by atoms with E-state index in [9.17, 15) is 2.74 Å². The third-order valence-electron chi connectivity index (χ3n) is 10.0. The van der Waals surface area contributed by atoms with E-state index in [2.05, 4.69) is 18.2 Å². The number of benzene rings is 8. The quantitative estimate of drug-likeness (QED) is 0.180. The highest BCUT2D eigenvalue weighted by molar-refractivity contribution is 6.12. The van der Waals surface area contributed by atoms with Crippen LogP contribution >= 0.6 is 0 Å². The molecule has 252 valence electrons. The predicted molar refractivity (Wildman–Crippen MR) is 221 cm³/mol. The summed E-state index contributed by atoms with van der Waals surface area (Å²) in [6.45, 7) is 0. The molecular weight excluding hydrogens is 661 g/mol. The first-order valence-electron chi connectivity index (χ1n) is 20.6. The van der Waals surface area contributed by atoms with E-state index < -0.39 is 0 Å². The molecule has 0 bridgehead atoms. The molecule has 0 saturated heterocycles. The first kappa shape index (κ1) is 24.8. The molecule has 0 fully saturated rings. The molecule has 54 heavy (non-hydrogen) atoms. The van der Waals surface area contributed by atoms with Gasteiger partial charge in [-0.1, -0.05) is 145 Å². The molecule has 0 radical (unpaired) electrons. The zero-order chi connectivity index (χ0) is 40.8. The van der Waals surface area contributed by atoms with E-state index in [0.717, 1.165) is 32.7 Å². The Hall–Kier alpha value is -7.37. The molecule has 0 N–H and O–H groups in total. The van der Waals surface area contributed by atoms with Crippen molar-refractivity contribution in [3.63, 3.8) is 0 Å². The van der Waals surface area contributed by atoms with E-state index in [0.29, 0.717) is 51.0 Å². The molecule has 5 heteroatoms. The Labute approximate surface area is 318 Å². The smallest absolute Gasteiger partial charge is 0.164 e. The average molecular weight is 697 g/mol. The Morgan fingerprint density at radius 2 is 1.07 bits per heavy atom. The standard InChI is InChI=1S/C49H30N4O/c1-2-15-32(16-3-1)47-50-48(52-49(51-47)40-24-12-17-31-14-4-5-18-34(31)40)33-28-29-44(53-42-25-9-6-19-35(42)36-20-7-10-26-43(36)53)41(30-33)39-23-13-22-38-37-21-8-11-27-45(37)54-46(38)39/h1-30H/i6D,7D,19D,20D,25D,26D. The Bertz CT molecular complexity index is 3510. The minimum atomic E-state index is -0.180. The Morgan fingerprint density at radius 3 is 1.89 bits per heavy atom. The fraction of sp³-hybridized carbons (Fsp3) is 0. The highest BCUT2D eigenvalue weighted by Crippen LogP contribution is 2.42. The highest BCUT2D eigenvalue weighted by Gasteiger charge is 2.21. The van der Waals surface area contributed by atoms with Gasteiger partial charge in [0.2, 0.25) is 0 Å². The lowest BCUT2D eigenvalue weighted by molar-refractivity contribution is 0.670. The van der Waals surface area contributed by atoms with Gasteiger partial charge in [-0.3, -0.25) is 0 Å². The van der Waals surface area contributed by atoms with Crippen LogP contribution in [0.1, 0.15) is 8.22 Å². The lowest BCUT2D eigenvalue weighted by atomic mass is 9.97. The molecule has 11 aromatic rings. The van der Waals surface area contributed by atoms with Crippen molar-refractivity contribution < 1.29 is 12.6 Å². The monoisotopic (exact) mass is 696 g/mol. The molecule has 3 heterocycles. The lowest BCUT2D eigenvalue weighted by Gasteiger charge is -2.16. The van der Waals surface area contributed by atoms with Crippen molar-refractivity contribution in [3.05, 3.63) is 182 Å². The Kier molecular flexibility index (Phi) is 5.55. The molecule has 0 saturated carbocycles. The summed E-state index contributed by atoms with van der Waals surface area (Å²) >= 11 is 0. The molecule has 0 spiro atoms. The fourth-order valence-electron chi connectivity index (χ4n) is 7.56. The number of furan rings is 1. The van der Waals surface area contributed by atoms with Gasteiger partial charge in [0, 0.05) is 49.4 Å². The zero-order valence-electron chi connectivity index (χ0n) is 34.6. The Balaban J connectivity index is 1.26. The number of hydrogen-bond donors (Lipinski definition) is 0. The second kappa shape index (κ2) is 12.1. The highest BCUT2D eigenvalue weighted by atomic mass is 16.3. The van der Waals surface area contributed by atoms with Crippen LogP contribution in [0, 0.1) is 0 Å². The van der Waals surface area contributed by atoms with Gasteiger partial charge in [0.05, 0.1) is 24.9 Å². The van der Waals surface area contributed by atoms with Crippen LogP contribution in [-0.2, 0) is 0 Å². The van der Waals surface area contributed by atoms with E-state index in [1.807, 2.05) is 115 Å². The minimum Gasteiger partial charge on any atom is -0.455 e. The van der Waals surface area contributed by atoms with Crippen molar-refractivity contribution in [2.75, 3.05) is 0 Å². The summed E-state index contributed by atoms with van der Waals surface area (Å²) in [4.78, 5) is 15.2. The van der Waals surface area contributed by atoms with Crippen molar-refractivity contribution in [2.45, 2.75) is 0 Å². The molecule has 0 aliphatic carbocycles. The maximum absolute atomic E-state index is 9.20. The topological polar surface area (TPSA) is 56.7 Å². The third-order valence-corrected chi connectivity index (χ3v) is 10.0. The second-order valence-corrected chi connectivity index (χ2v) is 13.1. The van der Waals surface area contributed by atoms with E-state index in [1.54, 1.807) is 4.57 Å². The molecule has 3 aromatic heterocycles. The summed E-state index contributed by atoms with van der Waals surface area (Å²) in [5, 5.41) is 4.25. The van der Waals surface area contributed by atoms with Crippen LogP contribution in [0.4, 0.5) is 0 Å². The van der Waals surface area contributed by atoms with Crippen LogP contribution in [0.2, 0.25) is 0 Å². The number of para-hydroxylation sites is 4. The molecular formula is C49H30N4O. The van der Waals surface area contributed by atoms with Gasteiger partial charge in [0.15, 0.2) is 17.5 Å². The van der Waals surface area contributed by atoms with Gasteiger partial charge < -0.3 is 8.98 Å². The minimum absolute atomic E-state index is 0.0470. The fourth-order valence-corrected chi connectivity index (χ4v) is 7.56. The van der Waals surface area contributed by atoms with Crippen molar-refractivity contribution in [3.8, 4) is 51.0 Å². The molecule has 0 amide bonds. The van der Waals surface area contributed by atoms with Gasteiger partial charge in [0.1, 0.15) is 11.2 Å². The van der Waals surface area contributed by atoms with E-state index >= 15 is 0 Å². The van der Waals surface area contributed by atoms with E-state index in [1.165, 1.54) is 12.1 Å². The number of rotatable bonds is 5. The third kappa shape index (κ3) is 4.76. The SMILES string of the molecule is [2H]c1cc([2H])c2c(c1[2H])c1c([2H])c([2H])cc([2H])c1n2-c1ccc(-c2nc(-c3ccccc3)nc(-c3cccc4ccccc34)n2)cc1-c1cccc2c1oc1ccccc12. The predicted octanol–water partition coefficient (Wildman–Crippen LogP) is 12.7. The normalized spacial score (nSPS) is 13.3. The number of hydrogen-bond acceptors (Lipinski definition) is 4. The summed E-state index contributed by atoms with van der Waals surface area (Å²) in [7, 11) is 0. The largest absolute Gasteiger partial charge is 0.455 e. The summed E-state index contributed by atoms with van der Waals surface area (Å²) in [6.07, 6.45) is 0. The summed E-state index contributed by atoms with van der Waals surface area (Å²) in [5.41, 5.74) is 6.08. The van der Waals surface area contributed by atoms with E-state index in [4.69, 9.17) is 24.9 Å². The number of fused-ring (bicyclic) bond motifs is 7. The van der Waals surface area contributed by atoms with Crippen LogP contribution in [0.25, 0.3) is 105 Å². The van der Waals surface area contributed by atoms with Crippen molar-refractivity contribution in [2.24, 2.45) is 0 Å². The van der Waals surface area contributed by atoms with Crippen LogP contribution in [0.3, 0.4) is 0 Å². The van der Waals surface area contributed by atoms with Gasteiger partial charge in [0.25, 0.3) is 0 Å². The van der Waals surface area contributed by atoms with E-state index in [-0.39, 0.29) is 58.1 Å². The summed E-state index contributed by atoms with van der Waals surface area (Å²) in [5.74, 6) is 1.42. The molecule has 0 aliphatic rings. The van der Waals surface area contributed by atoms with Gasteiger partial charge >= 0.3 is 0 Å². The second-order valence-electron chi connectivity index (χ2n) is 13.1. The van der Waals surface area contributed by atoms with Gasteiger partial charge in [-0.2, -0.15) is 0 Å². The van der Waals surface area contributed by atoms with Crippen LogP contribution < -0.4 is 0 Å². The van der Waals surface area contributed by atoms with Crippen LogP contribution in [0.15, 0.2) is 186 Å². The molecule has 11 rings (SSSR count). The number of nitrogens with zero attached hydrogens (tertiary/aromatic N) is 4. The maximum Gasteiger partial charge on any atom is 0.164 e. The summed E-state index contributed by atoms with van der Waals surface area (Å²) < 4.78 is 61.9. The van der Waals surface area contributed by atoms with Gasteiger partial charge in [-0.15, -0.1) is 0 Å². The summed E-state index contributed by atoms with van der Waals surface area (Å²) in [6, 6.07) is 45.3. The molecule has 8 aromatic carbocycles. The van der Waals surface area contributed by atoms with Gasteiger partial charge in [-0.25, -0.2) is 15.0 Å². The maximum atomic E-state index is 9.20. The van der Waals surface area contributed by atoms with Gasteiger partial charge in [-0.05, 0) is 47.1 Å². The van der Waals surface area contributed by atoms with Crippen LogP contribution in [0.5, 0.6) is 0 Å². The molecule has 0 atom stereocenters. The Morgan fingerprint density at radius 1 is 0.444 bits per heavy atom. The van der Waals surface area contributed by atoms with Crippen molar-refractivity contribution in [1.29, 1.82) is 0 Å². The first-order valence-corrected chi connectivity index (χ1v) is 17.6. The van der Waals surface area contributed by atoms with Crippen molar-refractivity contribution >= 4 is 54.5 Å². The van der Waals surface area contributed by atoms with Crippen molar-refractivity contribution in [1.82, 2.24) is 19.5 Å². The molecule has 0 unspecified atom stereocenters. The molecule has 0 aliphatic heterocycles.